The summed E-state index contributed by atoms with van der Waals surface area (Å²) in [5, 5.41) is 12.3. The van der Waals surface area contributed by atoms with Gasteiger partial charge < -0.3 is 9.84 Å². The summed E-state index contributed by atoms with van der Waals surface area (Å²) >= 11 is 0. The zero-order chi connectivity index (χ0) is 19.2. The maximum Gasteiger partial charge on any atom is 0.323 e. The van der Waals surface area contributed by atoms with E-state index in [0.29, 0.717) is 19.3 Å². The van der Waals surface area contributed by atoms with E-state index in [1.54, 1.807) is 6.92 Å². The van der Waals surface area contributed by atoms with E-state index < -0.39 is 24.0 Å². The molecular formula is C20H33NO4. The van der Waals surface area contributed by atoms with Crippen molar-refractivity contribution in [3.8, 4) is 0 Å². The van der Waals surface area contributed by atoms with Crippen LogP contribution in [-0.2, 0) is 20.7 Å². The number of benzene rings is 1. The van der Waals surface area contributed by atoms with Gasteiger partial charge in [0, 0.05) is 0 Å². The first-order valence-corrected chi connectivity index (χ1v) is 9.13. The molecule has 0 aliphatic carbocycles. The van der Waals surface area contributed by atoms with Gasteiger partial charge in [0.2, 0.25) is 0 Å². The van der Waals surface area contributed by atoms with E-state index >= 15 is 0 Å². The Morgan fingerprint density at radius 2 is 1.72 bits per heavy atom. The molecule has 1 aromatic carbocycles. The predicted octanol–water partition coefficient (Wildman–Crippen LogP) is 3.67. The number of carbonyl (C=O) groups is 2. The number of carbonyl (C=O) groups excluding carboxylic acids is 1. The quantitative estimate of drug-likeness (QED) is 0.629. The molecule has 0 aliphatic heterocycles. The van der Waals surface area contributed by atoms with E-state index in [1.807, 2.05) is 58.0 Å². The summed E-state index contributed by atoms with van der Waals surface area (Å²) in [5.74, 6) is -1.10. The third-order valence-corrected chi connectivity index (χ3v) is 3.54. The van der Waals surface area contributed by atoms with Gasteiger partial charge in [-0.15, -0.1) is 0 Å². The Balaban J connectivity index is 0.00000277. The van der Waals surface area contributed by atoms with Crippen LogP contribution in [0.1, 0.15) is 53.0 Å². The minimum absolute atomic E-state index is 0.223. The first kappa shape index (κ1) is 23.1. The van der Waals surface area contributed by atoms with Crippen LogP contribution in [0, 0.1) is 5.92 Å². The number of carboxylic acids is 1. The number of hydrogen-bond donors (Lipinski definition) is 2. The molecule has 142 valence electrons. The standard InChI is InChI=1S/C18H27NO4.C2H6/c1-4-23-18(22)15(11-10-14-8-6-5-7-9-14)19-16(17(20)21)12-13(2)3;1-2/h5-9,13,15-16,19H,4,10-12H2,1-3H3,(H,20,21);1-2H3. The second kappa shape index (κ2) is 13.4. The molecule has 2 N–H and O–H groups in total. The Morgan fingerprint density at radius 3 is 2.20 bits per heavy atom. The Labute approximate surface area is 151 Å². The van der Waals surface area contributed by atoms with Crippen molar-refractivity contribution in [3.63, 3.8) is 0 Å². The Hall–Kier alpha value is -1.88. The highest BCUT2D eigenvalue weighted by Gasteiger charge is 2.27. The molecule has 0 bridgehead atoms. The van der Waals surface area contributed by atoms with E-state index in [1.165, 1.54) is 0 Å². The van der Waals surface area contributed by atoms with Crippen molar-refractivity contribution in [2.24, 2.45) is 5.92 Å². The van der Waals surface area contributed by atoms with Crippen LogP contribution in [0.3, 0.4) is 0 Å². The molecule has 0 spiro atoms. The van der Waals surface area contributed by atoms with Gasteiger partial charge in [0.25, 0.3) is 0 Å². The molecule has 0 heterocycles. The predicted molar refractivity (Wildman–Crippen MR) is 101 cm³/mol. The maximum absolute atomic E-state index is 12.1. The number of ether oxygens (including phenoxy) is 1. The van der Waals surface area contributed by atoms with Crippen molar-refractivity contribution < 1.29 is 19.4 Å². The lowest BCUT2D eigenvalue weighted by Gasteiger charge is -2.23. The fourth-order valence-corrected chi connectivity index (χ4v) is 2.42. The van der Waals surface area contributed by atoms with Crippen LogP contribution in [-0.4, -0.2) is 35.7 Å². The average molecular weight is 351 g/mol. The molecule has 0 radical (unpaired) electrons. The Morgan fingerprint density at radius 1 is 1.12 bits per heavy atom. The van der Waals surface area contributed by atoms with Gasteiger partial charge in [-0.25, -0.2) is 0 Å². The molecule has 0 saturated carbocycles. The van der Waals surface area contributed by atoms with Gasteiger partial charge in [-0.3, -0.25) is 14.9 Å². The molecule has 0 fully saturated rings. The van der Waals surface area contributed by atoms with E-state index in [4.69, 9.17) is 4.74 Å². The van der Waals surface area contributed by atoms with Gasteiger partial charge >= 0.3 is 11.9 Å². The van der Waals surface area contributed by atoms with Crippen molar-refractivity contribution in [1.82, 2.24) is 5.32 Å². The summed E-state index contributed by atoms with van der Waals surface area (Å²) in [6, 6.07) is 8.45. The molecule has 0 aliphatic rings. The molecule has 5 heteroatoms. The highest BCUT2D eigenvalue weighted by Crippen LogP contribution is 2.11. The van der Waals surface area contributed by atoms with Crippen LogP contribution in [0.2, 0.25) is 0 Å². The molecule has 2 unspecified atom stereocenters. The molecule has 1 rings (SSSR count). The van der Waals surface area contributed by atoms with Crippen LogP contribution in [0.25, 0.3) is 0 Å². The molecular weight excluding hydrogens is 318 g/mol. The first-order valence-electron chi connectivity index (χ1n) is 9.13. The summed E-state index contributed by atoms with van der Waals surface area (Å²) in [5.41, 5.74) is 1.11. The Bertz CT molecular complexity index is 488. The van der Waals surface area contributed by atoms with E-state index in [-0.39, 0.29) is 12.5 Å². The number of carboxylic acid groups (broad SMARTS) is 1. The average Bonchev–Trinajstić information content (AvgIpc) is 2.59. The van der Waals surface area contributed by atoms with Gasteiger partial charge in [-0.1, -0.05) is 58.0 Å². The number of nitrogens with one attached hydrogen (secondary N) is 1. The van der Waals surface area contributed by atoms with Crippen molar-refractivity contribution in [3.05, 3.63) is 35.9 Å². The lowest BCUT2D eigenvalue weighted by Crippen LogP contribution is -2.48. The molecule has 2 atom stereocenters. The van der Waals surface area contributed by atoms with E-state index in [9.17, 15) is 14.7 Å². The number of aryl methyl sites for hydroxylation is 1. The summed E-state index contributed by atoms with van der Waals surface area (Å²) < 4.78 is 5.08. The topological polar surface area (TPSA) is 75.6 Å². The zero-order valence-electron chi connectivity index (χ0n) is 16.1. The van der Waals surface area contributed by atoms with E-state index in [0.717, 1.165) is 5.56 Å². The van der Waals surface area contributed by atoms with Gasteiger partial charge in [-0.05, 0) is 37.7 Å². The SMILES string of the molecule is CC.CCOC(=O)C(CCc1ccccc1)NC(CC(C)C)C(=O)O. The van der Waals surface area contributed by atoms with Crippen molar-refractivity contribution in [2.75, 3.05) is 6.61 Å². The third kappa shape index (κ3) is 9.87. The lowest BCUT2D eigenvalue weighted by molar-refractivity contribution is -0.147. The monoisotopic (exact) mass is 351 g/mol. The molecule has 0 aromatic heterocycles. The smallest absolute Gasteiger partial charge is 0.323 e. The van der Waals surface area contributed by atoms with Gasteiger partial charge in [0.1, 0.15) is 12.1 Å². The van der Waals surface area contributed by atoms with Crippen LogP contribution >= 0.6 is 0 Å². The van der Waals surface area contributed by atoms with Gasteiger partial charge in [-0.2, -0.15) is 0 Å². The molecule has 0 amide bonds. The molecule has 1 aromatic rings. The molecule has 0 saturated heterocycles. The largest absolute Gasteiger partial charge is 0.480 e. The number of aliphatic carboxylic acids is 1. The van der Waals surface area contributed by atoms with E-state index in [2.05, 4.69) is 5.32 Å². The lowest BCUT2D eigenvalue weighted by atomic mass is 10.0. The summed E-state index contributed by atoms with van der Waals surface area (Å²) in [4.78, 5) is 23.5. The highest BCUT2D eigenvalue weighted by molar-refractivity contribution is 5.78. The summed E-state index contributed by atoms with van der Waals surface area (Å²) in [7, 11) is 0. The molecule has 25 heavy (non-hydrogen) atoms. The van der Waals surface area contributed by atoms with Gasteiger partial charge in [0.05, 0.1) is 6.61 Å². The fourth-order valence-electron chi connectivity index (χ4n) is 2.42. The zero-order valence-corrected chi connectivity index (χ0v) is 16.1. The second-order valence-electron chi connectivity index (χ2n) is 6.02. The van der Waals surface area contributed by atoms with Crippen LogP contribution in [0.5, 0.6) is 0 Å². The van der Waals surface area contributed by atoms with Crippen LogP contribution in [0.4, 0.5) is 0 Å². The van der Waals surface area contributed by atoms with Crippen LogP contribution < -0.4 is 5.32 Å². The first-order chi connectivity index (χ1) is 11.9. The number of esters is 1. The normalized spacial score (nSPS) is 12.7. The fraction of sp³-hybridized carbons (Fsp3) is 0.600. The Kier molecular flexibility index (Phi) is 12.4. The molecule has 5 nitrogen and oxygen atoms in total. The minimum Gasteiger partial charge on any atom is -0.480 e. The summed E-state index contributed by atoms with van der Waals surface area (Å²) in [6.45, 7) is 9.95. The van der Waals surface area contributed by atoms with Crippen molar-refractivity contribution in [2.45, 2.75) is 66.0 Å². The van der Waals surface area contributed by atoms with Crippen molar-refractivity contribution in [1.29, 1.82) is 0 Å². The van der Waals surface area contributed by atoms with Gasteiger partial charge in [0.15, 0.2) is 0 Å². The summed E-state index contributed by atoms with van der Waals surface area (Å²) in [6.07, 6.45) is 1.66. The van der Waals surface area contributed by atoms with Crippen molar-refractivity contribution >= 4 is 11.9 Å². The minimum atomic E-state index is -0.937. The maximum atomic E-state index is 12.1. The number of hydrogen-bond acceptors (Lipinski definition) is 4. The third-order valence-electron chi connectivity index (χ3n) is 3.54. The van der Waals surface area contributed by atoms with Crippen LogP contribution in [0.15, 0.2) is 30.3 Å². The number of rotatable bonds is 10. The second-order valence-corrected chi connectivity index (χ2v) is 6.02. The highest BCUT2D eigenvalue weighted by atomic mass is 16.5.